The van der Waals surface area contributed by atoms with Gasteiger partial charge in [0.15, 0.2) is 0 Å². The number of carbonyl (C=O) groups is 1. The minimum Gasteiger partial charge on any atom is -0.444 e. The van der Waals surface area contributed by atoms with Crippen molar-refractivity contribution in [1.29, 1.82) is 0 Å². The van der Waals surface area contributed by atoms with Crippen molar-refractivity contribution >= 4 is 6.09 Å². The second kappa shape index (κ2) is 7.18. The maximum absolute atomic E-state index is 12.1. The molecule has 1 amide bonds. The first-order valence-electron chi connectivity index (χ1n) is 9.02. The lowest BCUT2D eigenvalue weighted by atomic mass is 9.92. The van der Waals surface area contributed by atoms with Crippen LogP contribution in [0.4, 0.5) is 4.79 Å². The van der Waals surface area contributed by atoms with Gasteiger partial charge in [0.1, 0.15) is 5.60 Å². The number of carbonyl (C=O) groups excluding carboxylic acids is 1. The van der Waals surface area contributed by atoms with Gasteiger partial charge >= 0.3 is 6.09 Å². The molecule has 6 heteroatoms. The van der Waals surface area contributed by atoms with Gasteiger partial charge in [-0.05, 0) is 45.6 Å². The van der Waals surface area contributed by atoms with Crippen molar-refractivity contribution in [3.8, 4) is 0 Å². The van der Waals surface area contributed by atoms with Crippen molar-refractivity contribution in [1.82, 2.24) is 14.7 Å². The van der Waals surface area contributed by atoms with Gasteiger partial charge in [0, 0.05) is 31.1 Å². The van der Waals surface area contributed by atoms with Crippen LogP contribution in [0.3, 0.4) is 0 Å². The predicted octanol–water partition coefficient (Wildman–Crippen LogP) is 3.19. The first-order chi connectivity index (χ1) is 11.5. The number of likely N-dealkylation sites (tertiary alicyclic amines) is 1. The smallest absolute Gasteiger partial charge is 0.410 e. The van der Waals surface area contributed by atoms with E-state index in [4.69, 9.17) is 4.74 Å². The summed E-state index contributed by atoms with van der Waals surface area (Å²) in [4.78, 5) is 26.0. The highest BCUT2D eigenvalue weighted by molar-refractivity contribution is 5.68. The second-order valence-electron chi connectivity index (χ2n) is 8.90. The molecule has 1 fully saturated rings. The molecule has 0 N–H and O–H groups in total. The Hall–Kier alpha value is -1.85. The molecule has 0 spiro atoms. The third-order valence-electron chi connectivity index (χ3n) is 4.33. The van der Waals surface area contributed by atoms with Crippen LogP contribution in [0.5, 0.6) is 0 Å². The van der Waals surface area contributed by atoms with Crippen molar-refractivity contribution in [2.24, 2.45) is 5.92 Å². The highest BCUT2D eigenvalue weighted by Crippen LogP contribution is 2.22. The number of rotatable bonds is 2. The zero-order valence-electron chi connectivity index (χ0n) is 16.3. The molecule has 2 rings (SSSR count). The van der Waals surface area contributed by atoms with E-state index >= 15 is 0 Å². The normalized spacial score (nSPS) is 16.8. The van der Waals surface area contributed by atoms with Crippen molar-refractivity contribution in [2.75, 3.05) is 13.1 Å². The molecule has 1 aromatic rings. The number of nitrogens with zero attached hydrogens (tertiary/aromatic N) is 3. The third-order valence-corrected chi connectivity index (χ3v) is 4.33. The van der Waals surface area contributed by atoms with E-state index in [9.17, 15) is 9.59 Å². The van der Waals surface area contributed by atoms with Crippen LogP contribution in [0.2, 0.25) is 0 Å². The lowest BCUT2D eigenvalue weighted by Crippen LogP contribution is -2.43. The number of piperidine rings is 1. The summed E-state index contributed by atoms with van der Waals surface area (Å²) in [5, 5.41) is 4.54. The SMILES string of the molecule is CC(C)(C)OC(=O)N1CCC(Cn2nc(C(C)(C)C)ccc2=O)CC1. The van der Waals surface area contributed by atoms with Crippen LogP contribution in [0, 0.1) is 5.92 Å². The molecule has 0 radical (unpaired) electrons. The van der Waals surface area contributed by atoms with Gasteiger partial charge in [-0.2, -0.15) is 5.10 Å². The summed E-state index contributed by atoms with van der Waals surface area (Å²) in [5.41, 5.74) is 0.287. The van der Waals surface area contributed by atoms with Crippen molar-refractivity contribution in [3.63, 3.8) is 0 Å². The van der Waals surface area contributed by atoms with Gasteiger partial charge in [-0.1, -0.05) is 20.8 Å². The van der Waals surface area contributed by atoms with Crippen LogP contribution >= 0.6 is 0 Å². The minimum atomic E-state index is -0.474. The second-order valence-corrected chi connectivity index (χ2v) is 8.90. The topological polar surface area (TPSA) is 64.4 Å². The lowest BCUT2D eigenvalue weighted by molar-refractivity contribution is 0.0176. The molecule has 0 unspecified atom stereocenters. The summed E-state index contributed by atoms with van der Waals surface area (Å²) in [6.45, 7) is 13.8. The van der Waals surface area contributed by atoms with E-state index in [0.29, 0.717) is 25.6 Å². The zero-order chi connectivity index (χ0) is 18.8. The van der Waals surface area contributed by atoms with Gasteiger partial charge in [-0.25, -0.2) is 9.48 Å². The van der Waals surface area contributed by atoms with E-state index in [-0.39, 0.29) is 17.1 Å². The molecule has 1 aromatic heterocycles. The standard InChI is InChI=1S/C19H31N3O3/c1-18(2,3)15-7-8-16(23)22(20-15)13-14-9-11-21(12-10-14)17(24)25-19(4,5)6/h7-8,14H,9-13H2,1-6H3. The zero-order valence-corrected chi connectivity index (χ0v) is 16.3. The maximum Gasteiger partial charge on any atom is 0.410 e. The Morgan fingerprint density at radius 1 is 1.16 bits per heavy atom. The largest absolute Gasteiger partial charge is 0.444 e. The van der Waals surface area contributed by atoms with Crippen molar-refractivity contribution < 1.29 is 9.53 Å². The van der Waals surface area contributed by atoms with Crippen LogP contribution in [0.1, 0.15) is 60.1 Å². The van der Waals surface area contributed by atoms with Gasteiger partial charge in [0.25, 0.3) is 5.56 Å². The highest BCUT2D eigenvalue weighted by atomic mass is 16.6. The van der Waals surface area contributed by atoms with Crippen molar-refractivity contribution in [2.45, 2.75) is 71.9 Å². The molecule has 0 bridgehead atoms. The average Bonchev–Trinajstić information content (AvgIpc) is 2.47. The molecular formula is C19H31N3O3. The Morgan fingerprint density at radius 3 is 2.28 bits per heavy atom. The number of aromatic nitrogens is 2. The Balaban J connectivity index is 1.96. The van der Waals surface area contributed by atoms with E-state index in [1.807, 2.05) is 26.8 Å². The summed E-state index contributed by atoms with van der Waals surface area (Å²) < 4.78 is 7.00. The van der Waals surface area contributed by atoms with E-state index in [1.54, 1.807) is 15.6 Å². The Morgan fingerprint density at radius 2 is 1.76 bits per heavy atom. The van der Waals surface area contributed by atoms with Gasteiger partial charge < -0.3 is 9.64 Å². The molecule has 1 aliphatic heterocycles. The van der Waals surface area contributed by atoms with Gasteiger partial charge in [0.05, 0.1) is 5.69 Å². The number of ether oxygens (including phenoxy) is 1. The molecule has 0 saturated carbocycles. The quantitative estimate of drug-likeness (QED) is 0.822. The van der Waals surface area contributed by atoms with Crippen LogP contribution in [-0.4, -0.2) is 39.5 Å². The fourth-order valence-electron chi connectivity index (χ4n) is 2.85. The Labute approximate surface area is 150 Å². The third kappa shape index (κ3) is 5.58. The summed E-state index contributed by atoms with van der Waals surface area (Å²) >= 11 is 0. The van der Waals surface area contributed by atoms with E-state index < -0.39 is 5.60 Å². The minimum absolute atomic E-state index is 0.0671. The van der Waals surface area contributed by atoms with Crippen LogP contribution < -0.4 is 5.56 Å². The molecule has 1 saturated heterocycles. The molecule has 25 heavy (non-hydrogen) atoms. The lowest BCUT2D eigenvalue weighted by Gasteiger charge is -2.33. The number of amides is 1. The van der Waals surface area contributed by atoms with Gasteiger partial charge in [-0.15, -0.1) is 0 Å². The Bertz CT molecular complexity index is 660. The summed E-state index contributed by atoms with van der Waals surface area (Å²) in [7, 11) is 0. The predicted molar refractivity (Wildman–Crippen MR) is 97.7 cm³/mol. The van der Waals surface area contributed by atoms with Crippen LogP contribution in [0.15, 0.2) is 16.9 Å². The summed E-state index contributed by atoms with van der Waals surface area (Å²) in [5.74, 6) is 0.346. The number of hydrogen-bond acceptors (Lipinski definition) is 4. The fourth-order valence-corrected chi connectivity index (χ4v) is 2.85. The first-order valence-corrected chi connectivity index (χ1v) is 9.02. The van der Waals surface area contributed by atoms with Gasteiger partial charge in [0.2, 0.25) is 0 Å². The highest BCUT2D eigenvalue weighted by Gasteiger charge is 2.27. The average molecular weight is 349 g/mol. The van der Waals surface area contributed by atoms with E-state index in [0.717, 1.165) is 18.5 Å². The van der Waals surface area contributed by atoms with Crippen LogP contribution in [-0.2, 0) is 16.7 Å². The fraction of sp³-hybridized carbons (Fsp3) is 0.737. The molecule has 1 aliphatic rings. The first kappa shape index (κ1) is 19.5. The molecule has 0 atom stereocenters. The van der Waals surface area contributed by atoms with Crippen molar-refractivity contribution in [3.05, 3.63) is 28.2 Å². The van der Waals surface area contributed by atoms with E-state index in [1.165, 1.54) is 0 Å². The molecule has 0 aliphatic carbocycles. The van der Waals surface area contributed by atoms with Crippen LogP contribution in [0.25, 0.3) is 0 Å². The molecule has 2 heterocycles. The van der Waals surface area contributed by atoms with Gasteiger partial charge in [-0.3, -0.25) is 4.79 Å². The molecule has 0 aromatic carbocycles. The maximum atomic E-state index is 12.1. The molecule has 140 valence electrons. The van der Waals surface area contributed by atoms with E-state index in [2.05, 4.69) is 25.9 Å². The Kier molecular flexibility index (Phi) is 5.59. The monoisotopic (exact) mass is 349 g/mol. The summed E-state index contributed by atoms with van der Waals surface area (Å²) in [6, 6.07) is 3.41. The summed E-state index contributed by atoms with van der Waals surface area (Å²) in [6.07, 6.45) is 1.45. The molecular weight excluding hydrogens is 318 g/mol. The number of hydrogen-bond donors (Lipinski definition) is 0. The molecule has 6 nitrogen and oxygen atoms in total.